The summed E-state index contributed by atoms with van der Waals surface area (Å²) in [6, 6.07) is 1.18. The molecule has 0 bridgehead atoms. The fourth-order valence-corrected chi connectivity index (χ4v) is 2.77. The van der Waals surface area contributed by atoms with Crippen LogP contribution in [0.4, 0.5) is 0 Å². The third-order valence-corrected chi connectivity index (χ3v) is 3.94. The Labute approximate surface area is 108 Å². The fourth-order valence-electron chi connectivity index (χ4n) is 2.77. The molecule has 1 fully saturated rings. The highest BCUT2D eigenvalue weighted by atomic mass is 14.9. The van der Waals surface area contributed by atoms with E-state index in [0.717, 1.165) is 6.04 Å². The average Bonchev–Trinajstić information content (AvgIpc) is 2.73. The Bertz CT molecular complexity index is 170. The molecular formula is C15H32N2. The van der Waals surface area contributed by atoms with E-state index in [1.165, 1.54) is 77.2 Å². The molecule has 1 aliphatic rings. The maximum atomic E-state index is 5.89. The predicted octanol–water partition coefficient (Wildman–Crippen LogP) is 3.60. The Hall–Kier alpha value is -0.0800. The fraction of sp³-hybridized carbons (Fsp3) is 1.00. The van der Waals surface area contributed by atoms with Gasteiger partial charge in [0.05, 0.1) is 0 Å². The molecule has 2 heteroatoms. The minimum absolute atomic E-state index is 0.464. The Balaban J connectivity index is 1.75. The van der Waals surface area contributed by atoms with E-state index in [9.17, 15) is 0 Å². The molecule has 0 saturated heterocycles. The topological polar surface area (TPSA) is 38.0 Å². The molecular weight excluding hydrogens is 208 g/mol. The number of unbranched alkanes of at least 4 members (excludes halogenated alkanes) is 7. The van der Waals surface area contributed by atoms with E-state index in [4.69, 9.17) is 5.73 Å². The SMILES string of the molecule is CCCCCCCCCCNC1CCC(N)C1. The maximum Gasteiger partial charge on any atom is 0.00823 e. The van der Waals surface area contributed by atoms with Gasteiger partial charge in [-0.05, 0) is 32.2 Å². The van der Waals surface area contributed by atoms with Crippen LogP contribution >= 0.6 is 0 Å². The lowest BCUT2D eigenvalue weighted by Crippen LogP contribution is -2.29. The lowest BCUT2D eigenvalue weighted by atomic mass is 10.1. The van der Waals surface area contributed by atoms with E-state index in [0.29, 0.717) is 6.04 Å². The largest absolute Gasteiger partial charge is 0.328 e. The molecule has 0 spiro atoms. The second-order valence-electron chi connectivity index (χ2n) is 5.70. The number of rotatable bonds is 10. The zero-order valence-electron chi connectivity index (χ0n) is 11.7. The summed E-state index contributed by atoms with van der Waals surface area (Å²) in [6.07, 6.45) is 15.0. The second kappa shape index (κ2) is 9.90. The van der Waals surface area contributed by atoms with Crippen LogP contribution in [-0.4, -0.2) is 18.6 Å². The Kier molecular flexibility index (Phi) is 8.72. The molecule has 102 valence electrons. The van der Waals surface area contributed by atoms with Gasteiger partial charge in [-0.2, -0.15) is 0 Å². The Morgan fingerprint density at radius 3 is 2.18 bits per heavy atom. The van der Waals surface area contributed by atoms with Crippen LogP contribution in [-0.2, 0) is 0 Å². The number of hydrogen-bond acceptors (Lipinski definition) is 2. The van der Waals surface area contributed by atoms with Gasteiger partial charge in [0, 0.05) is 12.1 Å². The molecule has 0 aliphatic heterocycles. The zero-order valence-corrected chi connectivity index (χ0v) is 11.7. The minimum atomic E-state index is 0.464. The van der Waals surface area contributed by atoms with Crippen LogP contribution in [0.15, 0.2) is 0 Å². The molecule has 3 N–H and O–H groups in total. The summed E-state index contributed by atoms with van der Waals surface area (Å²) in [5.74, 6) is 0. The molecule has 0 aromatic carbocycles. The first-order chi connectivity index (χ1) is 8.33. The van der Waals surface area contributed by atoms with Crippen LogP contribution in [0.25, 0.3) is 0 Å². The van der Waals surface area contributed by atoms with Gasteiger partial charge in [0.25, 0.3) is 0 Å². The number of nitrogens with two attached hydrogens (primary N) is 1. The van der Waals surface area contributed by atoms with Crippen LogP contribution < -0.4 is 11.1 Å². The lowest BCUT2D eigenvalue weighted by Gasteiger charge is -2.11. The Morgan fingerprint density at radius 2 is 1.59 bits per heavy atom. The van der Waals surface area contributed by atoms with Crippen molar-refractivity contribution in [2.75, 3.05) is 6.54 Å². The minimum Gasteiger partial charge on any atom is -0.328 e. The maximum absolute atomic E-state index is 5.89. The van der Waals surface area contributed by atoms with Crippen LogP contribution in [0.2, 0.25) is 0 Å². The third-order valence-electron chi connectivity index (χ3n) is 3.94. The average molecular weight is 240 g/mol. The molecule has 1 saturated carbocycles. The van der Waals surface area contributed by atoms with Gasteiger partial charge in [0.15, 0.2) is 0 Å². The standard InChI is InChI=1S/C15H32N2/c1-2-3-4-5-6-7-8-9-12-17-15-11-10-14(16)13-15/h14-15,17H,2-13,16H2,1H3. The van der Waals surface area contributed by atoms with E-state index in [2.05, 4.69) is 12.2 Å². The molecule has 2 unspecified atom stereocenters. The van der Waals surface area contributed by atoms with Crippen molar-refractivity contribution in [3.63, 3.8) is 0 Å². The van der Waals surface area contributed by atoms with Crippen molar-refractivity contribution in [2.24, 2.45) is 5.73 Å². The zero-order chi connectivity index (χ0) is 12.3. The Morgan fingerprint density at radius 1 is 0.941 bits per heavy atom. The van der Waals surface area contributed by atoms with Gasteiger partial charge in [-0.15, -0.1) is 0 Å². The van der Waals surface area contributed by atoms with Crippen LogP contribution in [0, 0.1) is 0 Å². The summed E-state index contributed by atoms with van der Waals surface area (Å²) in [6.45, 7) is 3.48. The first-order valence-corrected chi connectivity index (χ1v) is 7.82. The first kappa shape index (κ1) is 15.0. The smallest absolute Gasteiger partial charge is 0.00823 e. The monoisotopic (exact) mass is 240 g/mol. The predicted molar refractivity (Wildman–Crippen MR) is 76.2 cm³/mol. The highest BCUT2D eigenvalue weighted by molar-refractivity contribution is 4.82. The summed E-state index contributed by atoms with van der Waals surface area (Å²) in [7, 11) is 0. The van der Waals surface area contributed by atoms with E-state index < -0.39 is 0 Å². The molecule has 0 aromatic rings. The molecule has 0 heterocycles. The summed E-state index contributed by atoms with van der Waals surface area (Å²) in [4.78, 5) is 0. The molecule has 0 aromatic heterocycles. The van der Waals surface area contributed by atoms with Crippen molar-refractivity contribution < 1.29 is 0 Å². The van der Waals surface area contributed by atoms with Crippen molar-refractivity contribution >= 4 is 0 Å². The van der Waals surface area contributed by atoms with Crippen molar-refractivity contribution in [1.82, 2.24) is 5.32 Å². The van der Waals surface area contributed by atoms with Gasteiger partial charge in [0.2, 0.25) is 0 Å². The quantitative estimate of drug-likeness (QED) is 0.573. The first-order valence-electron chi connectivity index (χ1n) is 7.82. The molecule has 0 radical (unpaired) electrons. The normalized spacial score (nSPS) is 24.4. The molecule has 2 nitrogen and oxygen atoms in total. The van der Waals surface area contributed by atoms with Crippen molar-refractivity contribution in [1.29, 1.82) is 0 Å². The second-order valence-corrected chi connectivity index (χ2v) is 5.70. The van der Waals surface area contributed by atoms with E-state index in [-0.39, 0.29) is 0 Å². The summed E-state index contributed by atoms with van der Waals surface area (Å²) < 4.78 is 0. The number of nitrogens with one attached hydrogen (secondary N) is 1. The molecule has 1 rings (SSSR count). The van der Waals surface area contributed by atoms with Crippen LogP contribution in [0.5, 0.6) is 0 Å². The van der Waals surface area contributed by atoms with E-state index in [1.54, 1.807) is 0 Å². The summed E-state index contributed by atoms with van der Waals surface area (Å²) in [5, 5.41) is 3.64. The van der Waals surface area contributed by atoms with E-state index in [1.807, 2.05) is 0 Å². The molecule has 1 aliphatic carbocycles. The van der Waals surface area contributed by atoms with Crippen molar-refractivity contribution in [3.05, 3.63) is 0 Å². The van der Waals surface area contributed by atoms with E-state index >= 15 is 0 Å². The van der Waals surface area contributed by atoms with Gasteiger partial charge in [-0.3, -0.25) is 0 Å². The lowest BCUT2D eigenvalue weighted by molar-refractivity contribution is 0.490. The van der Waals surface area contributed by atoms with Gasteiger partial charge in [0.1, 0.15) is 0 Å². The summed E-state index contributed by atoms with van der Waals surface area (Å²) in [5.41, 5.74) is 5.89. The van der Waals surface area contributed by atoms with Gasteiger partial charge in [-0.1, -0.05) is 51.9 Å². The third kappa shape index (κ3) is 7.77. The van der Waals surface area contributed by atoms with Crippen molar-refractivity contribution in [3.8, 4) is 0 Å². The molecule has 0 amide bonds. The van der Waals surface area contributed by atoms with Gasteiger partial charge < -0.3 is 11.1 Å². The van der Waals surface area contributed by atoms with Crippen molar-refractivity contribution in [2.45, 2.75) is 89.6 Å². The number of hydrogen-bond donors (Lipinski definition) is 2. The molecule has 2 atom stereocenters. The van der Waals surface area contributed by atoms with Crippen LogP contribution in [0.1, 0.15) is 77.6 Å². The van der Waals surface area contributed by atoms with Gasteiger partial charge >= 0.3 is 0 Å². The summed E-state index contributed by atoms with van der Waals surface area (Å²) >= 11 is 0. The van der Waals surface area contributed by atoms with Gasteiger partial charge in [-0.25, -0.2) is 0 Å². The highest BCUT2D eigenvalue weighted by Crippen LogP contribution is 2.17. The highest BCUT2D eigenvalue weighted by Gasteiger charge is 2.20. The van der Waals surface area contributed by atoms with Crippen LogP contribution in [0.3, 0.4) is 0 Å². The molecule has 17 heavy (non-hydrogen) atoms.